The highest BCUT2D eigenvalue weighted by Crippen LogP contribution is 2.39. The van der Waals surface area contributed by atoms with Crippen LogP contribution in [0.5, 0.6) is 0 Å². The van der Waals surface area contributed by atoms with Crippen molar-refractivity contribution in [1.29, 1.82) is 0 Å². The molecule has 1 aromatic rings. The summed E-state index contributed by atoms with van der Waals surface area (Å²) in [5, 5.41) is 9.23. The van der Waals surface area contributed by atoms with Crippen LogP contribution in [0.1, 0.15) is 31.2 Å². The van der Waals surface area contributed by atoms with Crippen molar-refractivity contribution in [1.82, 2.24) is 4.90 Å². The Morgan fingerprint density at radius 3 is 2.58 bits per heavy atom. The number of ether oxygens (including phenoxy) is 2. The molecule has 24 heavy (non-hydrogen) atoms. The van der Waals surface area contributed by atoms with Gasteiger partial charge in [0.25, 0.3) is 5.91 Å². The number of nitrogens with zero attached hydrogens (tertiary/aromatic N) is 1. The molecule has 1 aliphatic heterocycles. The maximum absolute atomic E-state index is 12.4. The lowest BCUT2D eigenvalue weighted by Crippen LogP contribution is -2.38. The molecule has 0 saturated carbocycles. The summed E-state index contributed by atoms with van der Waals surface area (Å²) in [7, 11) is 3.41. The molecule has 0 bridgehead atoms. The van der Waals surface area contributed by atoms with E-state index in [1.165, 1.54) is 4.90 Å². The monoisotopic (exact) mass is 333 g/mol. The molecule has 1 aromatic carbocycles. The summed E-state index contributed by atoms with van der Waals surface area (Å²) in [4.78, 5) is 13.9. The van der Waals surface area contributed by atoms with Crippen molar-refractivity contribution in [2.75, 3.05) is 27.3 Å². The van der Waals surface area contributed by atoms with E-state index in [0.717, 1.165) is 12.0 Å². The third kappa shape index (κ3) is 4.36. The Kier molecular flexibility index (Phi) is 6.82. The van der Waals surface area contributed by atoms with Crippen LogP contribution in [0.2, 0.25) is 0 Å². The predicted molar refractivity (Wildman–Crippen MR) is 92.3 cm³/mol. The molecule has 0 aromatic heterocycles. The molecule has 0 fully saturated rings. The first kappa shape index (κ1) is 18.5. The zero-order valence-corrected chi connectivity index (χ0v) is 14.6. The number of rotatable bonds is 7. The topological polar surface area (TPSA) is 59.0 Å². The second kappa shape index (κ2) is 8.85. The fourth-order valence-electron chi connectivity index (χ4n) is 3.03. The number of hydrogen-bond acceptors (Lipinski definition) is 4. The molecule has 1 aliphatic rings. The molecule has 0 unspecified atom stereocenters. The van der Waals surface area contributed by atoms with Crippen LogP contribution in [0.15, 0.2) is 42.2 Å². The number of likely N-dealkylation sites (N-methyl/N-ethyl adjacent to an activating group) is 1. The maximum Gasteiger partial charge on any atom is 0.288 e. The maximum atomic E-state index is 12.4. The van der Waals surface area contributed by atoms with E-state index in [4.69, 9.17) is 9.47 Å². The number of hydrogen-bond donors (Lipinski definition) is 1. The van der Waals surface area contributed by atoms with Crippen molar-refractivity contribution < 1.29 is 19.4 Å². The molecule has 3 atom stereocenters. The first-order valence-corrected chi connectivity index (χ1v) is 8.46. The fraction of sp³-hybridized carbons (Fsp3) is 0.526. The van der Waals surface area contributed by atoms with Gasteiger partial charge in [0.15, 0.2) is 5.76 Å². The minimum absolute atomic E-state index is 0.0157. The second-order valence-corrected chi connectivity index (χ2v) is 6.14. The second-order valence-electron chi connectivity index (χ2n) is 6.14. The van der Waals surface area contributed by atoms with E-state index in [9.17, 15) is 9.90 Å². The zero-order valence-electron chi connectivity index (χ0n) is 14.6. The van der Waals surface area contributed by atoms with Crippen LogP contribution in [-0.4, -0.2) is 49.5 Å². The van der Waals surface area contributed by atoms with Crippen molar-refractivity contribution in [2.24, 2.45) is 5.92 Å². The first-order valence-electron chi connectivity index (χ1n) is 8.46. The summed E-state index contributed by atoms with van der Waals surface area (Å²) in [6.45, 7) is 2.55. The highest BCUT2D eigenvalue weighted by Gasteiger charge is 2.37. The number of amides is 1. The Bertz CT molecular complexity index is 556. The van der Waals surface area contributed by atoms with Crippen LogP contribution in [0.25, 0.3) is 0 Å². The van der Waals surface area contributed by atoms with E-state index in [1.54, 1.807) is 14.1 Å². The largest absolute Gasteiger partial charge is 0.459 e. The molecule has 0 spiro atoms. The van der Waals surface area contributed by atoms with Gasteiger partial charge in [-0.2, -0.15) is 0 Å². The minimum Gasteiger partial charge on any atom is -0.459 e. The van der Waals surface area contributed by atoms with Gasteiger partial charge in [0.2, 0.25) is 6.29 Å². The van der Waals surface area contributed by atoms with Gasteiger partial charge in [0.05, 0.1) is 0 Å². The zero-order chi connectivity index (χ0) is 17.5. The number of aliphatic hydroxyl groups excluding tert-OH is 1. The average Bonchev–Trinajstić information content (AvgIpc) is 2.60. The normalized spacial score (nSPS) is 23.3. The van der Waals surface area contributed by atoms with Crippen LogP contribution in [0.4, 0.5) is 0 Å². The smallest absolute Gasteiger partial charge is 0.288 e. The van der Waals surface area contributed by atoms with Gasteiger partial charge in [-0.05, 0) is 31.4 Å². The van der Waals surface area contributed by atoms with Gasteiger partial charge >= 0.3 is 0 Å². The Hall–Kier alpha value is -1.85. The van der Waals surface area contributed by atoms with E-state index >= 15 is 0 Å². The summed E-state index contributed by atoms with van der Waals surface area (Å²) < 4.78 is 11.7. The van der Waals surface area contributed by atoms with Crippen molar-refractivity contribution in [3.8, 4) is 0 Å². The summed E-state index contributed by atoms with van der Waals surface area (Å²) >= 11 is 0. The van der Waals surface area contributed by atoms with Gasteiger partial charge in [-0.25, -0.2) is 0 Å². The lowest BCUT2D eigenvalue weighted by Gasteiger charge is -2.37. The molecule has 1 amide bonds. The highest BCUT2D eigenvalue weighted by molar-refractivity contribution is 5.91. The summed E-state index contributed by atoms with van der Waals surface area (Å²) in [5.74, 6) is 0.231. The lowest BCUT2D eigenvalue weighted by molar-refractivity contribution is -0.169. The molecule has 1 heterocycles. The van der Waals surface area contributed by atoms with Crippen molar-refractivity contribution >= 4 is 5.91 Å². The van der Waals surface area contributed by atoms with E-state index in [0.29, 0.717) is 18.8 Å². The minimum atomic E-state index is -0.490. The standard InChI is InChI=1S/C19H27NO4/c1-4-23-19-15(11-8-12-21)16(14-9-6-5-7-10-14)13-17(24-19)18(22)20(2)3/h5-7,9-10,13,15-16,19,21H,4,8,11-12H2,1-3H3/t15-,16-,19-/m0/s1. The molecule has 5 nitrogen and oxygen atoms in total. The Labute approximate surface area is 143 Å². The number of carbonyl (C=O) groups is 1. The first-order chi connectivity index (χ1) is 11.6. The van der Waals surface area contributed by atoms with Crippen LogP contribution < -0.4 is 0 Å². The molecule has 2 rings (SSSR count). The molecule has 1 N–H and O–H groups in total. The van der Waals surface area contributed by atoms with E-state index in [2.05, 4.69) is 12.1 Å². The molecular formula is C19H27NO4. The fourth-order valence-corrected chi connectivity index (χ4v) is 3.03. The third-order valence-corrected chi connectivity index (χ3v) is 4.21. The van der Waals surface area contributed by atoms with Gasteiger partial charge in [0, 0.05) is 39.1 Å². The Morgan fingerprint density at radius 1 is 1.29 bits per heavy atom. The molecule has 132 valence electrons. The van der Waals surface area contributed by atoms with Gasteiger partial charge < -0.3 is 19.5 Å². The molecule has 0 aliphatic carbocycles. The molecule has 0 saturated heterocycles. The van der Waals surface area contributed by atoms with Gasteiger partial charge in [0.1, 0.15) is 0 Å². The van der Waals surface area contributed by atoms with Crippen LogP contribution in [0, 0.1) is 5.92 Å². The van der Waals surface area contributed by atoms with Crippen LogP contribution in [0.3, 0.4) is 0 Å². The summed E-state index contributed by atoms with van der Waals surface area (Å²) in [5.41, 5.74) is 1.12. The number of carbonyl (C=O) groups excluding carboxylic acids is 1. The molecule has 5 heteroatoms. The van der Waals surface area contributed by atoms with E-state index < -0.39 is 6.29 Å². The predicted octanol–water partition coefficient (Wildman–Crippen LogP) is 2.52. The summed E-state index contributed by atoms with van der Waals surface area (Å²) in [6.07, 6.45) is 2.84. The van der Waals surface area contributed by atoms with Crippen molar-refractivity contribution in [3.63, 3.8) is 0 Å². The lowest BCUT2D eigenvalue weighted by atomic mass is 9.80. The molecule has 0 radical (unpaired) electrons. The summed E-state index contributed by atoms with van der Waals surface area (Å²) in [6, 6.07) is 10.1. The van der Waals surface area contributed by atoms with Gasteiger partial charge in [-0.3, -0.25) is 4.79 Å². The number of benzene rings is 1. The number of allylic oxidation sites excluding steroid dienone is 1. The quantitative estimate of drug-likeness (QED) is 0.833. The van der Waals surface area contributed by atoms with Crippen molar-refractivity contribution in [3.05, 3.63) is 47.7 Å². The van der Waals surface area contributed by atoms with E-state index in [1.807, 2.05) is 31.2 Å². The highest BCUT2D eigenvalue weighted by atomic mass is 16.7. The van der Waals surface area contributed by atoms with Crippen LogP contribution >= 0.6 is 0 Å². The van der Waals surface area contributed by atoms with Crippen molar-refractivity contribution in [2.45, 2.75) is 32.0 Å². The number of aliphatic hydroxyl groups is 1. The third-order valence-electron chi connectivity index (χ3n) is 4.21. The van der Waals surface area contributed by atoms with Gasteiger partial charge in [-0.15, -0.1) is 0 Å². The van der Waals surface area contributed by atoms with Gasteiger partial charge in [-0.1, -0.05) is 30.3 Å². The molecular weight excluding hydrogens is 306 g/mol. The SMILES string of the molecule is CCO[C@H]1OC(C(=O)N(C)C)=C[C@@H](c2ccccc2)[C@@H]1CCCO. The average molecular weight is 333 g/mol. The Balaban J connectivity index is 2.39. The van der Waals surface area contributed by atoms with Crippen LogP contribution in [-0.2, 0) is 14.3 Å². The Morgan fingerprint density at radius 2 is 2.00 bits per heavy atom. The van der Waals surface area contributed by atoms with E-state index in [-0.39, 0.29) is 24.3 Å².